The maximum Gasteiger partial charge on any atom is 0.206 e. The molecule has 0 bridgehead atoms. The van der Waals surface area contributed by atoms with Gasteiger partial charge in [0.1, 0.15) is 16.8 Å². The molecule has 120 valence electrons. The normalized spacial score (nSPS) is 10.2. The number of nitriles is 1. The Morgan fingerprint density at radius 1 is 1.21 bits per heavy atom. The molecule has 0 amide bonds. The summed E-state index contributed by atoms with van der Waals surface area (Å²) in [4.78, 5) is 4.21. The number of nitrogens with zero attached hydrogens (tertiary/aromatic N) is 4. The summed E-state index contributed by atoms with van der Waals surface area (Å²) < 4.78 is 5.94. The fourth-order valence-electron chi connectivity index (χ4n) is 1.84. The first kappa shape index (κ1) is 16.2. The summed E-state index contributed by atoms with van der Waals surface area (Å²) in [5.41, 5.74) is 1.67. The molecule has 24 heavy (non-hydrogen) atoms. The number of rotatable bonds is 6. The summed E-state index contributed by atoms with van der Waals surface area (Å²) in [5, 5.41) is 21.8. The first-order chi connectivity index (χ1) is 11.8. The fourth-order valence-corrected chi connectivity index (χ4v) is 3.47. The number of ether oxygens (including phenoxy) is 1. The molecule has 6 nitrogen and oxygen atoms in total. The smallest absolute Gasteiger partial charge is 0.206 e. The molecule has 0 spiro atoms. The van der Waals surface area contributed by atoms with Gasteiger partial charge in [0, 0.05) is 12.7 Å². The zero-order valence-corrected chi connectivity index (χ0v) is 14.4. The van der Waals surface area contributed by atoms with E-state index in [1.165, 1.54) is 23.1 Å². The van der Waals surface area contributed by atoms with Gasteiger partial charge in [-0.15, -0.1) is 10.2 Å². The van der Waals surface area contributed by atoms with Crippen molar-refractivity contribution in [3.63, 3.8) is 0 Å². The van der Waals surface area contributed by atoms with Gasteiger partial charge in [-0.2, -0.15) is 5.26 Å². The lowest BCUT2D eigenvalue weighted by Gasteiger charge is -2.03. The molecule has 0 aliphatic carbocycles. The van der Waals surface area contributed by atoms with Crippen molar-refractivity contribution in [2.45, 2.75) is 15.9 Å². The van der Waals surface area contributed by atoms with Crippen molar-refractivity contribution in [1.82, 2.24) is 15.2 Å². The SMILES string of the molecule is COc1ccc(CNc2nnc(Sc3ccc(C#N)cn3)s2)cc1. The van der Waals surface area contributed by atoms with Crippen LogP contribution in [0.15, 0.2) is 52.0 Å². The van der Waals surface area contributed by atoms with Crippen LogP contribution in [0.25, 0.3) is 0 Å². The van der Waals surface area contributed by atoms with Crippen molar-refractivity contribution >= 4 is 28.2 Å². The molecule has 0 aliphatic heterocycles. The Kier molecular flexibility index (Phi) is 5.25. The maximum atomic E-state index is 8.77. The molecular formula is C16H13N5OS2. The van der Waals surface area contributed by atoms with Crippen LogP contribution in [-0.4, -0.2) is 22.3 Å². The van der Waals surface area contributed by atoms with Gasteiger partial charge in [-0.05, 0) is 41.6 Å². The number of aromatic nitrogens is 3. The third-order valence-corrected chi connectivity index (χ3v) is 4.95. The zero-order chi connectivity index (χ0) is 16.8. The first-order valence-corrected chi connectivity index (χ1v) is 8.64. The van der Waals surface area contributed by atoms with E-state index in [-0.39, 0.29) is 0 Å². The summed E-state index contributed by atoms with van der Waals surface area (Å²) in [6.45, 7) is 0.665. The number of anilines is 1. The Morgan fingerprint density at radius 2 is 2.04 bits per heavy atom. The average Bonchev–Trinajstić information content (AvgIpc) is 3.08. The fraction of sp³-hybridized carbons (Fsp3) is 0.125. The Balaban J connectivity index is 1.57. The van der Waals surface area contributed by atoms with Crippen LogP contribution in [0.1, 0.15) is 11.1 Å². The molecule has 3 rings (SSSR count). The lowest BCUT2D eigenvalue weighted by molar-refractivity contribution is 0.414. The van der Waals surface area contributed by atoms with Crippen molar-refractivity contribution < 1.29 is 4.74 Å². The summed E-state index contributed by atoms with van der Waals surface area (Å²) in [7, 11) is 1.65. The van der Waals surface area contributed by atoms with Crippen LogP contribution >= 0.6 is 23.1 Å². The van der Waals surface area contributed by atoms with E-state index in [1.807, 2.05) is 30.3 Å². The molecule has 0 aliphatic rings. The van der Waals surface area contributed by atoms with Crippen LogP contribution in [-0.2, 0) is 6.54 Å². The Hall–Kier alpha value is -2.63. The van der Waals surface area contributed by atoms with Gasteiger partial charge in [0.2, 0.25) is 5.13 Å². The van der Waals surface area contributed by atoms with Gasteiger partial charge in [-0.1, -0.05) is 23.5 Å². The highest BCUT2D eigenvalue weighted by Crippen LogP contribution is 2.30. The highest BCUT2D eigenvalue weighted by Gasteiger charge is 2.07. The van der Waals surface area contributed by atoms with E-state index in [0.717, 1.165) is 25.8 Å². The van der Waals surface area contributed by atoms with Crippen LogP contribution in [0, 0.1) is 11.3 Å². The van der Waals surface area contributed by atoms with Crippen LogP contribution in [0.2, 0.25) is 0 Å². The second-order valence-electron chi connectivity index (χ2n) is 4.67. The Bertz CT molecular complexity index is 840. The number of methoxy groups -OCH3 is 1. The lowest BCUT2D eigenvalue weighted by atomic mass is 10.2. The molecule has 0 saturated carbocycles. The average molecular weight is 355 g/mol. The van der Waals surface area contributed by atoms with Crippen molar-refractivity contribution in [2.24, 2.45) is 0 Å². The van der Waals surface area contributed by atoms with Crippen LogP contribution in [0.3, 0.4) is 0 Å². The van der Waals surface area contributed by atoms with Crippen molar-refractivity contribution in [2.75, 3.05) is 12.4 Å². The molecule has 8 heteroatoms. The van der Waals surface area contributed by atoms with Gasteiger partial charge < -0.3 is 10.1 Å². The third-order valence-electron chi connectivity index (χ3n) is 3.07. The predicted octanol–water partition coefficient (Wildman–Crippen LogP) is 3.58. The van der Waals surface area contributed by atoms with E-state index in [4.69, 9.17) is 10.00 Å². The maximum absolute atomic E-state index is 8.77. The van der Waals surface area contributed by atoms with Gasteiger partial charge in [0.05, 0.1) is 12.7 Å². The number of pyridine rings is 1. The van der Waals surface area contributed by atoms with Crippen molar-refractivity contribution in [1.29, 1.82) is 5.26 Å². The van der Waals surface area contributed by atoms with Gasteiger partial charge >= 0.3 is 0 Å². The van der Waals surface area contributed by atoms with Gasteiger partial charge in [0.25, 0.3) is 0 Å². The second kappa shape index (κ2) is 7.77. The molecule has 0 saturated heterocycles. The predicted molar refractivity (Wildman–Crippen MR) is 93.3 cm³/mol. The van der Waals surface area contributed by atoms with Crippen LogP contribution < -0.4 is 10.1 Å². The third kappa shape index (κ3) is 4.22. The van der Waals surface area contributed by atoms with Crippen LogP contribution in [0.4, 0.5) is 5.13 Å². The van der Waals surface area contributed by atoms with E-state index in [0.29, 0.717) is 12.1 Å². The molecule has 3 aromatic rings. The molecule has 0 unspecified atom stereocenters. The Morgan fingerprint density at radius 3 is 2.71 bits per heavy atom. The van der Waals surface area contributed by atoms with E-state index in [2.05, 4.69) is 20.5 Å². The van der Waals surface area contributed by atoms with Gasteiger partial charge in [-0.25, -0.2) is 4.98 Å². The molecule has 0 radical (unpaired) electrons. The number of nitrogens with one attached hydrogen (secondary N) is 1. The first-order valence-electron chi connectivity index (χ1n) is 7.01. The number of hydrogen-bond acceptors (Lipinski definition) is 8. The monoisotopic (exact) mass is 355 g/mol. The quantitative estimate of drug-likeness (QED) is 0.723. The highest BCUT2D eigenvalue weighted by atomic mass is 32.2. The molecule has 2 aromatic heterocycles. The molecule has 0 atom stereocenters. The van der Waals surface area contributed by atoms with Crippen molar-refractivity contribution in [3.05, 3.63) is 53.7 Å². The standard InChI is InChI=1S/C16H13N5OS2/c1-22-13-5-2-11(3-6-13)9-19-15-20-21-16(24-15)23-14-7-4-12(8-17)10-18-14/h2-7,10H,9H2,1H3,(H,19,20). The summed E-state index contributed by atoms with van der Waals surface area (Å²) >= 11 is 2.89. The van der Waals surface area contributed by atoms with E-state index in [1.54, 1.807) is 25.4 Å². The molecular weight excluding hydrogens is 342 g/mol. The summed E-state index contributed by atoms with van der Waals surface area (Å²) in [6.07, 6.45) is 1.55. The Labute approximate surface area is 147 Å². The molecule has 1 aromatic carbocycles. The van der Waals surface area contributed by atoms with Crippen LogP contribution in [0.5, 0.6) is 5.75 Å². The van der Waals surface area contributed by atoms with Gasteiger partial charge in [-0.3, -0.25) is 0 Å². The largest absolute Gasteiger partial charge is 0.497 e. The van der Waals surface area contributed by atoms with E-state index >= 15 is 0 Å². The lowest BCUT2D eigenvalue weighted by Crippen LogP contribution is -1.98. The van der Waals surface area contributed by atoms with Gasteiger partial charge in [0.15, 0.2) is 4.34 Å². The second-order valence-corrected chi connectivity index (χ2v) is 6.92. The zero-order valence-electron chi connectivity index (χ0n) is 12.8. The minimum atomic E-state index is 0.540. The van der Waals surface area contributed by atoms with E-state index in [9.17, 15) is 0 Å². The number of benzene rings is 1. The van der Waals surface area contributed by atoms with Crippen molar-refractivity contribution in [3.8, 4) is 11.8 Å². The summed E-state index contributed by atoms with van der Waals surface area (Å²) in [6, 6.07) is 13.4. The molecule has 0 fully saturated rings. The topological polar surface area (TPSA) is 83.7 Å². The summed E-state index contributed by atoms with van der Waals surface area (Å²) in [5.74, 6) is 0.836. The minimum Gasteiger partial charge on any atom is -0.497 e. The number of hydrogen-bond donors (Lipinski definition) is 1. The minimum absolute atomic E-state index is 0.540. The molecule has 1 N–H and O–H groups in total. The highest BCUT2D eigenvalue weighted by molar-refractivity contribution is 8.01. The molecule has 2 heterocycles. The van der Waals surface area contributed by atoms with E-state index < -0.39 is 0 Å².